The van der Waals surface area contributed by atoms with Gasteiger partial charge in [0.25, 0.3) is 0 Å². The maximum absolute atomic E-state index is 13.6. The number of methoxy groups -OCH3 is 1. The maximum atomic E-state index is 13.6. The zero-order valence-corrected chi connectivity index (χ0v) is 23.4. The van der Waals surface area contributed by atoms with Gasteiger partial charge in [-0.05, 0) is 42.2 Å². The first-order chi connectivity index (χ1) is 18.7. The highest BCUT2D eigenvalue weighted by Gasteiger charge is 2.42. The fourth-order valence-electron chi connectivity index (χ4n) is 4.98. The number of hydrogen-bond acceptors (Lipinski definition) is 8. The van der Waals surface area contributed by atoms with Crippen LogP contribution >= 0.6 is 0 Å². The van der Waals surface area contributed by atoms with Crippen LogP contribution in [0, 0.1) is 5.92 Å². The Balaban J connectivity index is 1.49. The largest absolute Gasteiger partial charge is 0.497 e. The summed E-state index contributed by atoms with van der Waals surface area (Å²) in [6.45, 7) is 4.05. The normalized spacial score (nSPS) is 22.5. The van der Waals surface area contributed by atoms with Gasteiger partial charge in [-0.3, -0.25) is 0 Å². The van der Waals surface area contributed by atoms with Crippen LogP contribution in [-0.4, -0.2) is 81.4 Å². The number of benzene rings is 2. The Labute approximate surface area is 230 Å². The fourth-order valence-corrected chi connectivity index (χ4v) is 6.60. The van der Waals surface area contributed by atoms with Crippen LogP contribution in [-0.2, 0) is 30.7 Å². The molecular formula is C28H38N2O8S. The summed E-state index contributed by atoms with van der Waals surface area (Å²) in [4.78, 5) is 13.0. The van der Waals surface area contributed by atoms with E-state index in [1.54, 1.807) is 12.1 Å². The van der Waals surface area contributed by atoms with Gasteiger partial charge in [-0.1, -0.05) is 44.2 Å². The van der Waals surface area contributed by atoms with Crippen molar-refractivity contribution >= 4 is 16.1 Å². The van der Waals surface area contributed by atoms with E-state index in [-0.39, 0.29) is 55.4 Å². The Morgan fingerprint density at radius 1 is 1.05 bits per heavy atom. The highest BCUT2D eigenvalue weighted by Crippen LogP contribution is 2.31. The van der Waals surface area contributed by atoms with Gasteiger partial charge >= 0.3 is 6.09 Å². The Morgan fingerprint density at radius 2 is 1.69 bits per heavy atom. The summed E-state index contributed by atoms with van der Waals surface area (Å²) in [6.07, 6.45) is -1.02. The summed E-state index contributed by atoms with van der Waals surface area (Å²) in [5.74, 6) is 0.543. The van der Waals surface area contributed by atoms with Crippen molar-refractivity contribution in [1.82, 2.24) is 9.62 Å². The average Bonchev–Trinajstić information content (AvgIpc) is 3.50. The van der Waals surface area contributed by atoms with Crippen LogP contribution in [0.1, 0.15) is 32.3 Å². The Kier molecular flexibility index (Phi) is 9.84. The van der Waals surface area contributed by atoms with E-state index in [1.807, 2.05) is 44.2 Å². The lowest BCUT2D eigenvalue weighted by Crippen LogP contribution is -2.51. The molecule has 2 aliphatic rings. The number of hydrogen-bond donors (Lipinski definition) is 2. The van der Waals surface area contributed by atoms with Gasteiger partial charge in [-0.15, -0.1) is 0 Å². The lowest BCUT2D eigenvalue weighted by Gasteiger charge is -2.31. The summed E-state index contributed by atoms with van der Waals surface area (Å²) in [7, 11) is -2.42. The van der Waals surface area contributed by atoms with Crippen LogP contribution in [0.3, 0.4) is 0 Å². The number of rotatable bonds is 12. The van der Waals surface area contributed by atoms with E-state index in [4.69, 9.17) is 18.9 Å². The summed E-state index contributed by atoms with van der Waals surface area (Å²) >= 11 is 0. The first kappa shape index (κ1) is 29.3. The number of aliphatic hydroxyl groups excluding tert-OH is 1. The van der Waals surface area contributed by atoms with Crippen molar-refractivity contribution in [3.8, 4) is 5.75 Å². The monoisotopic (exact) mass is 562 g/mol. The van der Waals surface area contributed by atoms with E-state index in [9.17, 15) is 18.3 Å². The Hall–Kier alpha value is -2.70. The zero-order chi connectivity index (χ0) is 28.0. The standard InChI is InChI=1S/C28H38N2O8S/c1-19(2)16-30(39(33,34)23-11-9-21(35-3)10-12-23)17-25(31)24(13-20-7-5-4-6-8-20)29-28(32)38-22-14-26-27(15-22)37-18-36-26/h4-12,19,22,24-27,31H,13-18H2,1-3H3,(H,29,32)/t22?,24-,25+,26-,27+/m0/s1. The second kappa shape index (κ2) is 13.1. The first-order valence-electron chi connectivity index (χ1n) is 13.2. The van der Waals surface area contributed by atoms with Crippen molar-refractivity contribution in [2.75, 3.05) is 27.0 Å². The number of nitrogens with one attached hydrogen (secondary N) is 1. The molecule has 0 aromatic heterocycles. The number of ether oxygens (including phenoxy) is 4. The lowest BCUT2D eigenvalue weighted by molar-refractivity contribution is 0.00201. The van der Waals surface area contributed by atoms with E-state index < -0.39 is 28.3 Å². The molecule has 2 N–H and O–H groups in total. The van der Waals surface area contributed by atoms with E-state index in [2.05, 4.69) is 5.32 Å². The molecule has 1 amide bonds. The van der Waals surface area contributed by atoms with Gasteiger partial charge in [0.05, 0.1) is 36.4 Å². The molecule has 11 heteroatoms. The van der Waals surface area contributed by atoms with Crippen LogP contribution in [0.5, 0.6) is 5.75 Å². The smallest absolute Gasteiger partial charge is 0.407 e. The van der Waals surface area contributed by atoms with Gasteiger partial charge in [-0.25, -0.2) is 13.2 Å². The average molecular weight is 563 g/mol. The third kappa shape index (κ3) is 7.70. The van der Waals surface area contributed by atoms with Crippen LogP contribution in [0.4, 0.5) is 4.79 Å². The van der Waals surface area contributed by atoms with Gasteiger partial charge in [0, 0.05) is 25.9 Å². The summed E-state index contributed by atoms with van der Waals surface area (Å²) in [5.41, 5.74) is 0.882. The minimum atomic E-state index is -3.93. The van der Waals surface area contributed by atoms with Gasteiger partial charge < -0.3 is 29.4 Å². The van der Waals surface area contributed by atoms with E-state index in [0.717, 1.165) is 5.56 Å². The van der Waals surface area contributed by atoms with Crippen molar-refractivity contribution in [2.45, 2.75) is 68.5 Å². The fraction of sp³-hybridized carbons (Fsp3) is 0.536. The maximum Gasteiger partial charge on any atom is 0.407 e. The van der Waals surface area contributed by atoms with Gasteiger partial charge in [0.15, 0.2) is 0 Å². The second-order valence-electron chi connectivity index (χ2n) is 10.4. The molecule has 5 atom stereocenters. The zero-order valence-electron chi connectivity index (χ0n) is 22.6. The minimum absolute atomic E-state index is 0.00183. The van der Waals surface area contributed by atoms with Gasteiger partial charge in [0.1, 0.15) is 18.6 Å². The SMILES string of the molecule is COc1ccc(S(=O)(=O)N(CC(C)C)C[C@@H](O)[C@H](Cc2ccccc2)NC(=O)OC2C[C@@H]3OCO[C@@H]3C2)cc1. The third-order valence-electron chi connectivity index (χ3n) is 6.97. The molecule has 2 aromatic carbocycles. The van der Waals surface area contributed by atoms with Crippen LogP contribution < -0.4 is 10.1 Å². The third-order valence-corrected chi connectivity index (χ3v) is 8.81. The van der Waals surface area contributed by atoms with Crippen LogP contribution in [0.25, 0.3) is 0 Å². The molecule has 4 rings (SSSR count). The van der Waals surface area contributed by atoms with E-state index in [1.165, 1.54) is 23.5 Å². The van der Waals surface area contributed by atoms with Gasteiger partial charge in [-0.2, -0.15) is 4.31 Å². The molecule has 39 heavy (non-hydrogen) atoms. The molecule has 2 aromatic rings. The molecule has 2 fully saturated rings. The Morgan fingerprint density at radius 3 is 2.28 bits per heavy atom. The molecule has 1 heterocycles. The number of fused-ring (bicyclic) bond motifs is 1. The lowest BCUT2D eigenvalue weighted by atomic mass is 10.0. The number of carbonyl (C=O) groups is 1. The molecule has 1 aliphatic heterocycles. The quantitative estimate of drug-likeness (QED) is 0.405. The topological polar surface area (TPSA) is 124 Å². The molecule has 1 unspecified atom stereocenters. The van der Waals surface area contributed by atoms with Gasteiger partial charge in [0.2, 0.25) is 10.0 Å². The molecule has 10 nitrogen and oxygen atoms in total. The molecule has 1 saturated carbocycles. The van der Waals surface area contributed by atoms with E-state index in [0.29, 0.717) is 18.6 Å². The molecule has 0 radical (unpaired) electrons. The van der Waals surface area contributed by atoms with Crippen molar-refractivity contribution in [2.24, 2.45) is 5.92 Å². The van der Waals surface area contributed by atoms with Crippen LogP contribution in [0.15, 0.2) is 59.5 Å². The minimum Gasteiger partial charge on any atom is -0.497 e. The molecule has 214 valence electrons. The molecule has 1 saturated heterocycles. The summed E-state index contributed by atoms with van der Waals surface area (Å²) < 4.78 is 50.2. The molecule has 0 bridgehead atoms. The number of alkyl carbamates (subject to hydrolysis) is 1. The van der Waals surface area contributed by atoms with Crippen molar-refractivity contribution in [3.05, 3.63) is 60.2 Å². The van der Waals surface area contributed by atoms with E-state index >= 15 is 0 Å². The molecule has 0 spiro atoms. The van der Waals surface area contributed by atoms with Crippen molar-refractivity contribution in [1.29, 1.82) is 0 Å². The van der Waals surface area contributed by atoms with Crippen LogP contribution in [0.2, 0.25) is 0 Å². The summed E-state index contributed by atoms with van der Waals surface area (Å²) in [6, 6.07) is 14.7. The predicted octanol–water partition coefficient (Wildman–Crippen LogP) is 2.94. The van der Waals surface area contributed by atoms with Crippen molar-refractivity contribution in [3.63, 3.8) is 0 Å². The van der Waals surface area contributed by atoms with Crippen molar-refractivity contribution < 1.29 is 37.3 Å². The molecule has 1 aliphatic carbocycles. The molecular weight excluding hydrogens is 524 g/mol. The number of sulfonamides is 1. The number of aliphatic hydroxyl groups is 1. The first-order valence-corrected chi connectivity index (χ1v) is 14.7. The summed E-state index contributed by atoms with van der Waals surface area (Å²) in [5, 5.41) is 14.1. The number of amides is 1. The Bertz CT molecular complexity index is 1160. The predicted molar refractivity (Wildman–Crippen MR) is 144 cm³/mol. The second-order valence-corrected chi connectivity index (χ2v) is 12.4. The number of nitrogens with zero attached hydrogens (tertiary/aromatic N) is 1. The highest BCUT2D eigenvalue weighted by molar-refractivity contribution is 7.89. The number of carbonyl (C=O) groups excluding carboxylic acids is 1. The highest BCUT2D eigenvalue weighted by atomic mass is 32.2.